The molecule has 0 aromatic heterocycles. The quantitative estimate of drug-likeness (QED) is 0.0471. The third-order valence-electron chi connectivity index (χ3n) is 10.8. The first-order chi connectivity index (χ1) is 24.9. The maximum absolute atomic E-state index is 13.2. The molecule has 1 fully saturated rings. The van der Waals surface area contributed by atoms with Gasteiger partial charge in [-0.3, -0.25) is 14.5 Å². The van der Waals surface area contributed by atoms with Crippen molar-refractivity contribution in [3.8, 4) is 0 Å². The van der Waals surface area contributed by atoms with E-state index in [1.165, 1.54) is 103 Å². The smallest absolute Gasteiger partial charge is 0.306 e. The number of hydrogen-bond donors (Lipinski definition) is 0. The van der Waals surface area contributed by atoms with Crippen LogP contribution in [0, 0.1) is 0 Å². The van der Waals surface area contributed by atoms with Gasteiger partial charge in [0.15, 0.2) is 0 Å². The molecule has 2 atom stereocenters. The lowest BCUT2D eigenvalue weighted by molar-refractivity contribution is -0.152. The van der Waals surface area contributed by atoms with Crippen LogP contribution in [0.2, 0.25) is 0 Å². The molecular weight excluding hydrogens is 635 g/mol. The Hall–Kier alpha value is -1.18. The van der Waals surface area contributed by atoms with Crippen molar-refractivity contribution in [1.29, 1.82) is 0 Å². The van der Waals surface area contributed by atoms with E-state index in [0.717, 1.165) is 110 Å². The van der Waals surface area contributed by atoms with Crippen molar-refractivity contribution in [2.45, 2.75) is 213 Å². The molecule has 0 radical (unpaired) electrons. The van der Waals surface area contributed by atoms with Crippen molar-refractivity contribution in [3.05, 3.63) is 0 Å². The summed E-state index contributed by atoms with van der Waals surface area (Å²) in [5.74, 6) is -0.0593. The van der Waals surface area contributed by atoms with Crippen molar-refractivity contribution < 1.29 is 19.1 Å². The van der Waals surface area contributed by atoms with Gasteiger partial charge in [0.1, 0.15) is 12.2 Å². The summed E-state index contributed by atoms with van der Waals surface area (Å²) in [5.41, 5.74) is 0. The number of esters is 2. The number of carbonyl (C=O) groups excluding carboxylic acids is 2. The molecule has 51 heavy (non-hydrogen) atoms. The molecule has 302 valence electrons. The highest BCUT2D eigenvalue weighted by molar-refractivity contribution is 5.69. The average Bonchev–Trinajstić information content (AvgIpc) is 3.11. The fourth-order valence-electron chi connectivity index (χ4n) is 7.34. The first-order valence-electron chi connectivity index (χ1n) is 22.4. The minimum Gasteiger partial charge on any atom is -0.461 e. The standard InChI is InChI=1S/C44H87N3O4/c1-6-10-14-18-22-24-29-41(50-43(48)31-26-20-16-12-8-3)39-47(34-28-33-46-37-35-45(5)36-38-46)40-42(30-25-23-19-15-11-7-2)51-44(49)32-27-21-17-13-9-4/h41-42H,6-40H2,1-5H3. The van der Waals surface area contributed by atoms with E-state index in [9.17, 15) is 9.59 Å². The van der Waals surface area contributed by atoms with Crippen LogP contribution in [-0.4, -0.2) is 98.3 Å². The molecule has 0 saturated carbocycles. The van der Waals surface area contributed by atoms with Crippen LogP contribution in [0.4, 0.5) is 0 Å². The Kier molecular flexibility index (Phi) is 32.4. The minimum absolute atomic E-state index is 0.0296. The Morgan fingerprint density at radius 1 is 0.510 bits per heavy atom. The van der Waals surface area contributed by atoms with Crippen LogP contribution in [0.15, 0.2) is 0 Å². The fraction of sp³-hybridized carbons (Fsp3) is 0.955. The van der Waals surface area contributed by atoms with E-state index < -0.39 is 0 Å². The topological polar surface area (TPSA) is 62.3 Å². The maximum Gasteiger partial charge on any atom is 0.306 e. The van der Waals surface area contributed by atoms with Crippen LogP contribution < -0.4 is 0 Å². The van der Waals surface area contributed by atoms with Crippen molar-refractivity contribution in [1.82, 2.24) is 14.7 Å². The van der Waals surface area contributed by atoms with Gasteiger partial charge in [0.05, 0.1) is 0 Å². The van der Waals surface area contributed by atoms with Crippen LogP contribution in [0.3, 0.4) is 0 Å². The van der Waals surface area contributed by atoms with Crippen molar-refractivity contribution >= 4 is 11.9 Å². The van der Waals surface area contributed by atoms with Gasteiger partial charge in [-0.25, -0.2) is 0 Å². The monoisotopic (exact) mass is 722 g/mol. The van der Waals surface area contributed by atoms with Crippen molar-refractivity contribution in [3.63, 3.8) is 0 Å². The summed E-state index contributed by atoms with van der Waals surface area (Å²) in [6.07, 6.45) is 29.9. The Morgan fingerprint density at radius 2 is 0.882 bits per heavy atom. The van der Waals surface area contributed by atoms with Crippen molar-refractivity contribution in [2.75, 3.05) is 59.4 Å². The molecule has 0 bridgehead atoms. The SMILES string of the molecule is CCCCCCCCC(CN(CCCN1CCN(C)CC1)CC(CCCCCCCC)OC(=O)CCCCCCC)OC(=O)CCCCCCC. The minimum atomic E-state index is -0.105. The van der Waals surface area contributed by atoms with Gasteiger partial charge in [-0.2, -0.15) is 0 Å². The third-order valence-corrected chi connectivity index (χ3v) is 10.8. The van der Waals surface area contributed by atoms with Gasteiger partial charge >= 0.3 is 11.9 Å². The number of hydrogen-bond acceptors (Lipinski definition) is 7. The highest BCUT2D eigenvalue weighted by Gasteiger charge is 2.24. The third kappa shape index (κ3) is 28.9. The normalized spacial score (nSPS) is 15.3. The van der Waals surface area contributed by atoms with Crippen molar-refractivity contribution in [2.24, 2.45) is 0 Å². The number of unbranched alkanes of at least 4 members (excludes halogenated alkanes) is 18. The number of carbonyl (C=O) groups is 2. The summed E-state index contributed by atoms with van der Waals surface area (Å²) >= 11 is 0. The molecule has 1 aliphatic rings. The molecule has 2 unspecified atom stereocenters. The molecule has 1 saturated heterocycles. The van der Waals surface area contributed by atoms with Gasteiger partial charge in [-0.1, -0.05) is 143 Å². The zero-order chi connectivity index (χ0) is 37.2. The number of rotatable bonds is 36. The Morgan fingerprint density at radius 3 is 1.29 bits per heavy atom. The average molecular weight is 722 g/mol. The van der Waals surface area contributed by atoms with Crippen LogP contribution in [-0.2, 0) is 19.1 Å². The van der Waals surface area contributed by atoms with Gasteiger partial charge < -0.3 is 19.3 Å². The Labute approximate surface area is 317 Å². The first kappa shape index (κ1) is 47.8. The molecule has 0 amide bonds. The number of likely N-dealkylation sites (N-methyl/N-ethyl adjacent to an activating group) is 1. The van der Waals surface area contributed by atoms with Gasteiger partial charge in [0.2, 0.25) is 0 Å². The summed E-state index contributed by atoms with van der Waals surface area (Å²) in [6.45, 7) is 17.0. The second-order valence-corrected chi connectivity index (χ2v) is 15.9. The molecule has 0 aromatic carbocycles. The molecule has 0 aliphatic carbocycles. The lowest BCUT2D eigenvalue weighted by Gasteiger charge is -2.34. The molecule has 1 heterocycles. The zero-order valence-electron chi connectivity index (χ0n) is 34.9. The summed E-state index contributed by atoms with van der Waals surface area (Å²) < 4.78 is 12.6. The Bertz CT molecular complexity index is 738. The molecular formula is C44H87N3O4. The number of piperazine rings is 1. The lowest BCUT2D eigenvalue weighted by Crippen LogP contribution is -2.46. The van der Waals surface area contributed by atoms with Gasteiger partial charge in [-0.15, -0.1) is 0 Å². The van der Waals surface area contributed by atoms with Gasteiger partial charge in [0.25, 0.3) is 0 Å². The predicted octanol–water partition coefficient (Wildman–Crippen LogP) is 11.0. The van der Waals surface area contributed by atoms with E-state index in [-0.39, 0.29) is 24.1 Å². The molecule has 0 spiro atoms. The summed E-state index contributed by atoms with van der Waals surface area (Å²) in [5, 5.41) is 0. The molecule has 7 nitrogen and oxygen atoms in total. The molecule has 0 aromatic rings. The van der Waals surface area contributed by atoms with Crippen LogP contribution in [0.1, 0.15) is 201 Å². The molecule has 1 rings (SSSR count). The van der Waals surface area contributed by atoms with E-state index in [1.54, 1.807) is 0 Å². The van der Waals surface area contributed by atoms with Crippen LogP contribution in [0.25, 0.3) is 0 Å². The lowest BCUT2D eigenvalue weighted by atomic mass is 10.0. The second kappa shape index (κ2) is 34.6. The summed E-state index contributed by atoms with van der Waals surface area (Å²) in [6, 6.07) is 0. The predicted molar refractivity (Wildman–Crippen MR) is 217 cm³/mol. The molecule has 0 N–H and O–H groups in total. The largest absolute Gasteiger partial charge is 0.461 e. The van der Waals surface area contributed by atoms with E-state index >= 15 is 0 Å². The first-order valence-corrected chi connectivity index (χ1v) is 22.4. The fourth-order valence-corrected chi connectivity index (χ4v) is 7.34. The number of nitrogens with zero attached hydrogens (tertiary/aromatic N) is 3. The van der Waals surface area contributed by atoms with Crippen LogP contribution in [0.5, 0.6) is 0 Å². The summed E-state index contributed by atoms with van der Waals surface area (Å²) in [7, 11) is 2.21. The molecule has 1 aliphatic heterocycles. The maximum atomic E-state index is 13.2. The molecule has 7 heteroatoms. The van der Waals surface area contributed by atoms with E-state index in [1.807, 2.05) is 0 Å². The number of ether oxygens (including phenoxy) is 2. The van der Waals surface area contributed by atoms with Crippen LogP contribution >= 0.6 is 0 Å². The highest BCUT2D eigenvalue weighted by Crippen LogP contribution is 2.18. The van der Waals surface area contributed by atoms with E-state index in [0.29, 0.717) is 12.8 Å². The highest BCUT2D eigenvalue weighted by atomic mass is 16.5. The van der Waals surface area contributed by atoms with E-state index in [4.69, 9.17) is 9.47 Å². The summed E-state index contributed by atoms with van der Waals surface area (Å²) in [4.78, 5) is 33.8. The van der Waals surface area contributed by atoms with E-state index in [2.05, 4.69) is 49.4 Å². The second-order valence-electron chi connectivity index (χ2n) is 15.9. The zero-order valence-corrected chi connectivity index (χ0v) is 34.9. The Balaban J connectivity index is 3.01. The van der Waals surface area contributed by atoms with Gasteiger partial charge in [0, 0.05) is 52.1 Å². The van der Waals surface area contributed by atoms with Gasteiger partial charge in [-0.05, 0) is 65.1 Å².